The number of likely N-dealkylation sites (tertiary alicyclic amines) is 1. The molecule has 2 N–H and O–H groups in total. The van der Waals surface area contributed by atoms with Gasteiger partial charge in [-0.15, -0.1) is 0 Å². The van der Waals surface area contributed by atoms with E-state index in [1.54, 1.807) is 6.07 Å². The number of aryl methyl sites for hydroxylation is 1. The van der Waals surface area contributed by atoms with E-state index in [2.05, 4.69) is 5.32 Å². The van der Waals surface area contributed by atoms with Gasteiger partial charge in [0.1, 0.15) is 5.75 Å². The van der Waals surface area contributed by atoms with Crippen LogP contribution in [0.1, 0.15) is 28.8 Å². The Labute approximate surface area is 116 Å². The van der Waals surface area contributed by atoms with E-state index in [1.165, 1.54) is 4.90 Å². The van der Waals surface area contributed by atoms with Gasteiger partial charge in [-0.1, -0.05) is 12.1 Å². The molecule has 1 saturated heterocycles. The fourth-order valence-corrected chi connectivity index (χ4v) is 2.81. The van der Waals surface area contributed by atoms with E-state index < -0.39 is 11.8 Å². The summed E-state index contributed by atoms with van der Waals surface area (Å²) in [5, 5.41) is 11.9. The molecule has 6 heteroatoms. The number of ether oxygens (including phenoxy) is 1. The molecule has 2 aliphatic heterocycles. The summed E-state index contributed by atoms with van der Waals surface area (Å²) in [4.78, 5) is 24.5. The predicted octanol–water partition coefficient (Wildman–Crippen LogP) is 1.59. The number of rotatable bonds is 0. The molecule has 2 aliphatic rings. The Morgan fingerprint density at radius 1 is 1.40 bits per heavy atom. The van der Waals surface area contributed by atoms with Gasteiger partial charge in [0.25, 0.3) is 5.91 Å². The van der Waals surface area contributed by atoms with Crippen molar-refractivity contribution in [1.82, 2.24) is 10.2 Å². The molecule has 0 aliphatic carbocycles. The third kappa shape index (κ3) is 1.97. The summed E-state index contributed by atoms with van der Waals surface area (Å²) in [5.41, 5.74) is 0.667. The van der Waals surface area contributed by atoms with Crippen molar-refractivity contribution in [1.29, 1.82) is 0 Å². The SMILES string of the molecule is Cc1cccc2c1C(=O)NC1(CCN(C(=O)O)CC1)O2. The molecule has 2 heterocycles. The standard InChI is InChI=1S/C14H16N2O4/c1-9-3-2-4-10-11(9)12(17)15-14(20-10)5-7-16(8-6-14)13(18)19/h2-4H,5-8H2,1H3,(H,15,17)(H,18,19). The van der Waals surface area contributed by atoms with Crippen LogP contribution in [0.4, 0.5) is 4.79 Å². The number of fused-ring (bicyclic) bond motifs is 1. The average molecular weight is 276 g/mol. The van der Waals surface area contributed by atoms with Crippen LogP contribution < -0.4 is 10.1 Å². The van der Waals surface area contributed by atoms with Crippen molar-refractivity contribution in [3.05, 3.63) is 29.3 Å². The van der Waals surface area contributed by atoms with Gasteiger partial charge in [-0.2, -0.15) is 0 Å². The van der Waals surface area contributed by atoms with Crippen LogP contribution in [-0.2, 0) is 0 Å². The third-order valence-electron chi connectivity index (χ3n) is 3.95. The Morgan fingerprint density at radius 3 is 2.75 bits per heavy atom. The van der Waals surface area contributed by atoms with E-state index in [-0.39, 0.29) is 5.91 Å². The maximum absolute atomic E-state index is 12.3. The molecule has 1 fully saturated rings. The molecule has 0 unspecified atom stereocenters. The lowest BCUT2D eigenvalue weighted by Crippen LogP contribution is -2.61. The van der Waals surface area contributed by atoms with Crippen LogP contribution in [-0.4, -0.2) is 40.8 Å². The number of benzene rings is 1. The molecular weight excluding hydrogens is 260 g/mol. The minimum Gasteiger partial charge on any atom is -0.467 e. The topological polar surface area (TPSA) is 78.9 Å². The number of amides is 2. The molecule has 0 bridgehead atoms. The Kier molecular flexibility index (Phi) is 2.81. The van der Waals surface area contributed by atoms with Crippen molar-refractivity contribution in [3.8, 4) is 5.75 Å². The van der Waals surface area contributed by atoms with Crippen molar-refractivity contribution in [2.75, 3.05) is 13.1 Å². The highest BCUT2D eigenvalue weighted by molar-refractivity contribution is 5.99. The van der Waals surface area contributed by atoms with Crippen LogP contribution in [0.5, 0.6) is 5.75 Å². The first-order valence-corrected chi connectivity index (χ1v) is 6.60. The zero-order valence-corrected chi connectivity index (χ0v) is 11.2. The fraction of sp³-hybridized carbons (Fsp3) is 0.429. The van der Waals surface area contributed by atoms with Crippen LogP contribution in [0, 0.1) is 6.92 Å². The largest absolute Gasteiger partial charge is 0.467 e. The van der Waals surface area contributed by atoms with Gasteiger partial charge in [0.15, 0.2) is 5.72 Å². The second-order valence-corrected chi connectivity index (χ2v) is 5.27. The zero-order chi connectivity index (χ0) is 14.3. The van der Waals surface area contributed by atoms with E-state index in [4.69, 9.17) is 9.84 Å². The summed E-state index contributed by atoms with van der Waals surface area (Å²) in [6.07, 6.45) is -0.0187. The summed E-state index contributed by atoms with van der Waals surface area (Å²) in [6, 6.07) is 5.51. The van der Waals surface area contributed by atoms with Gasteiger partial charge in [-0.3, -0.25) is 4.79 Å². The molecule has 1 aromatic rings. The molecule has 3 rings (SSSR count). The molecule has 2 amide bonds. The maximum Gasteiger partial charge on any atom is 0.407 e. The van der Waals surface area contributed by atoms with Crippen LogP contribution in [0.2, 0.25) is 0 Å². The minimum atomic E-state index is -0.932. The van der Waals surface area contributed by atoms with Crippen molar-refractivity contribution >= 4 is 12.0 Å². The van der Waals surface area contributed by atoms with Gasteiger partial charge in [0.2, 0.25) is 0 Å². The van der Waals surface area contributed by atoms with Gasteiger partial charge in [-0.05, 0) is 18.6 Å². The predicted molar refractivity (Wildman–Crippen MR) is 70.8 cm³/mol. The summed E-state index contributed by atoms with van der Waals surface area (Å²) in [5.74, 6) is 0.436. The molecule has 1 spiro atoms. The van der Waals surface area contributed by atoms with E-state index in [1.807, 2.05) is 19.1 Å². The number of nitrogens with zero attached hydrogens (tertiary/aromatic N) is 1. The lowest BCUT2D eigenvalue weighted by Gasteiger charge is -2.44. The second kappa shape index (κ2) is 4.40. The van der Waals surface area contributed by atoms with Crippen LogP contribution in [0.25, 0.3) is 0 Å². The average Bonchev–Trinajstić information content (AvgIpc) is 2.38. The molecule has 0 radical (unpaired) electrons. The second-order valence-electron chi connectivity index (χ2n) is 5.27. The first-order chi connectivity index (χ1) is 9.51. The highest BCUT2D eigenvalue weighted by Gasteiger charge is 2.43. The van der Waals surface area contributed by atoms with Crippen LogP contribution >= 0.6 is 0 Å². The van der Waals surface area contributed by atoms with Crippen LogP contribution in [0.15, 0.2) is 18.2 Å². The van der Waals surface area contributed by atoms with Gasteiger partial charge in [0, 0.05) is 25.9 Å². The molecule has 6 nitrogen and oxygen atoms in total. The maximum atomic E-state index is 12.3. The van der Waals surface area contributed by atoms with E-state index in [0.717, 1.165) is 5.56 Å². The molecule has 20 heavy (non-hydrogen) atoms. The van der Waals surface area contributed by atoms with Gasteiger partial charge < -0.3 is 20.1 Å². The molecule has 106 valence electrons. The highest BCUT2D eigenvalue weighted by atomic mass is 16.5. The molecule has 0 saturated carbocycles. The van der Waals surface area contributed by atoms with Gasteiger partial charge in [0.05, 0.1) is 5.56 Å². The normalized spacial score (nSPS) is 20.1. The van der Waals surface area contributed by atoms with Gasteiger partial charge in [-0.25, -0.2) is 4.79 Å². The van der Waals surface area contributed by atoms with Crippen molar-refractivity contribution in [2.45, 2.75) is 25.5 Å². The lowest BCUT2D eigenvalue weighted by atomic mass is 9.96. The number of carbonyl (C=O) groups excluding carboxylic acids is 1. The van der Waals surface area contributed by atoms with Gasteiger partial charge >= 0.3 is 6.09 Å². The Morgan fingerprint density at radius 2 is 2.10 bits per heavy atom. The molecular formula is C14H16N2O4. The third-order valence-corrected chi connectivity index (χ3v) is 3.95. The number of nitrogens with one attached hydrogen (secondary N) is 1. The molecule has 0 atom stereocenters. The zero-order valence-electron chi connectivity index (χ0n) is 11.2. The highest BCUT2D eigenvalue weighted by Crippen LogP contribution is 2.34. The minimum absolute atomic E-state index is 0.145. The monoisotopic (exact) mass is 276 g/mol. The number of carboxylic acid groups (broad SMARTS) is 1. The Bertz CT molecular complexity index is 577. The number of piperidine rings is 1. The Balaban J connectivity index is 1.86. The molecule has 0 aromatic heterocycles. The quantitative estimate of drug-likeness (QED) is 0.754. The number of carbonyl (C=O) groups is 2. The van der Waals surface area contributed by atoms with Crippen molar-refractivity contribution in [2.24, 2.45) is 0 Å². The summed E-state index contributed by atoms with van der Waals surface area (Å²) < 4.78 is 5.99. The lowest BCUT2D eigenvalue weighted by molar-refractivity contribution is -0.0249. The van der Waals surface area contributed by atoms with E-state index in [0.29, 0.717) is 37.2 Å². The Hall–Kier alpha value is -2.24. The van der Waals surface area contributed by atoms with E-state index >= 15 is 0 Å². The van der Waals surface area contributed by atoms with E-state index in [9.17, 15) is 9.59 Å². The van der Waals surface area contributed by atoms with Crippen molar-refractivity contribution in [3.63, 3.8) is 0 Å². The molecule has 1 aromatic carbocycles. The fourth-order valence-electron chi connectivity index (χ4n) is 2.81. The summed E-state index contributed by atoms with van der Waals surface area (Å²) in [6.45, 7) is 2.58. The van der Waals surface area contributed by atoms with Crippen LogP contribution in [0.3, 0.4) is 0 Å². The number of hydrogen-bond acceptors (Lipinski definition) is 3. The number of hydrogen-bond donors (Lipinski definition) is 2. The summed E-state index contributed by atoms with van der Waals surface area (Å²) in [7, 11) is 0. The first-order valence-electron chi connectivity index (χ1n) is 6.60. The first kappa shape index (κ1) is 12.8. The van der Waals surface area contributed by atoms with Crippen molar-refractivity contribution < 1.29 is 19.4 Å². The smallest absolute Gasteiger partial charge is 0.407 e. The summed E-state index contributed by atoms with van der Waals surface area (Å²) >= 11 is 0.